The number of rotatable bonds is 5. The van der Waals surface area contributed by atoms with E-state index in [1.54, 1.807) is 0 Å². The maximum absolute atomic E-state index is 12.5. The summed E-state index contributed by atoms with van der Waals surface area (Å²) in [7, 11) is 0. The minimum absolute atomic E-state index is 0.226. The monoisotopic (exact) mass is 373 g/mol. The third kappa shape index (κ3) is 4.11. The Balaban J connectivity index is 1.38. The van der Waals surface area contributed by atoms with E-state index >= 15 is 0 Å². The summed E-state index contributed by atoms with van der Waals surface area (Å²) in [4.78, 5) is 23.3. The van der Waals surface area contributed by atoms with Gasteiger partial charge in [-0.2, -0.15) is 0 Å². The molecule has 2 aromatic carbocycles. The quantitative estimate of drug-likeness (QED) is 0.694. The molecule has 142 valence electrons. The van der Waals surface area contributed by atoms with Gasteiger partial charge in [0, 0.05) is 42.5 Å². The van der Waals surface area contributed by atoms with Crippen LogP contribution in [0.2, 0.25) is 0 Å². The summed E-state index contributed by atoms with van der Waals surface area (Å²) >= 11 is 0. The van der Waals surface area contributed by atoms with E-state index in [0.29, 0.717) is 11.5 Å². The van der Waals surface area contributed by atoms with Gasteiger partial charge in [0.25, 0.3) is 5.91 Å². The molecule has 1 fully saturated rings. The Morgan fingerprint density at radius 3 is 2.32 bits per heavy atom. The summed E-state index contributed by atoms with van der Waals surface area (Å²) in [5.74, 6) is 0.234. The van der Waals surface area contributed by atoms with Gasteiger partial charge < -0.3 is 15.5 Å². The number of nitrogens with zero attached hydrogens (tertiary/aromatic N) is 3. The Kier molecular flexibility index (Phi) is 5.19. The van der Waals surface area contributed by atoms with Gasteiger partial charge in [0.2, 0.25) is 5.95 Å². The maximum Gasteiger partial charge on any atom is 0.258 e. The van der Waals surface area contributed by atoms with Crippen LogP contribution in [0.3, 0.4) is 0 Å². The number of amides is 1. The second kappa shape index (κ2) is 8.08. The minimum Gasteiger partial charge on any atom is -0.372 e. The number of hydrogen-bond donors (Lipinski definition) is 2. The Labute approximate surface area is 164 Å². The lowest BCUT2D eigenvalue weighted by Crippen LogP contribution is -2.17. The molecule has 6 nitrogen and oxygen atoms in total. The van der Waals surface area contributed by atoms with Crippen LogP contribution in [0.25, 0.3) is 0 Å². The van der Waals surface area contributed by atoms with Crippen molar-refractivity contribution < 1.29 is 4.79 Å². The first-order valence-electron chi connectivity index (χ1n) is 9.50. The molecule has 0 unspecified atom stereocenters. The van der Waals surface area contributed by atoms with Crippen molar-refractivity contribution in [2.45, 2.75) is 19.8 Å². The standard InChI is InChI=1S/C22H23N5O/c1-16-6-2-3-7-20(16)26-22-23-14-17(15-24-22)21(28)25-18-8-10-19(11-9-18)27-12-4-5-13-27/h2-3,6-11,14-15H,4-5,12-13H2,1H3,(H,25,28)(H,23,24,26). The van der Waals surface area contributed by atoms with Gasteiger partial charge in [0.15, 0.2) is 0 Å². The van der Waals surface area contributed by atoms with Crippen LogP contribution in [0.1, 0.15) is 28.8 Å². The van der Waals surface area contributed by atoms with Gasteiger partial charge in [-0.15, -0.1) is 0 Å². The molecule has 2 N–H and O–H groups in total. The summed E-state index contributed by atoms with van der Waals surface area (Å²) in [5.41, 5.74) is 4.42. The van der Waals surface area contributed by atoms with Gasteiger partial charge in [-0.1, -0.05) is 18.2 Å². The van der Waals surface area contributed by atoms with Gasteiger partial charge in [-0.25, -0.2) is 9.97 Å². The molecule has 1 amide bonds. The highest BCUT2D eigenvalue weighted by Crippen LogP contribution is 2.22. The third-order valence-electron chi connectivity index (χ3n) is 4.90. The van der Waals surface area contributed by atoms with E-state index in [9.17, 15) is 4.79 Å². The van der Waals surface area contributed by atoms with Crippen molar-refractivity contribution >= 4 is 28.9 Å². The van der Waals surface area contributed by atoms with Crippen LogP contribution in [0.5, 0.6) is 0 Å². The summed E-state index contributed by atoms with van der Waals surface area (Å²) < 4.78 is 0. The number of benzene rings is 2. The second-order valence-corrected chi connectivity index (χ2v) is 6.93. The lowest BCUT2D eigenvalue weighted by atomic mass is 10.2. The Morgan fingerprint density at radius 1 is 0.964 bits per heavy atom. The van der Waals surface area contributed by atoms with E-state index in [4.69, 9.17) is 0 Å². The summed E-state index contributed by atoms with van der Waals surface area (Å²) in [5, 5.41) is 6.06. The third-order valence-corrected chi connectivity index (χ3v) is 4.90. The topological polar surface area (TPSA) is 70.2 Å². The van der Waals surface area contributed by atoms with Gasteiger partial charge >= 0.3 is 0 Å². The number of aromatic nitrogens is 2. The number of hydrogen-bond acceptors (Lipinski definition) is 5. The van der Waals surface area contributed by atoms with Crippen molar-refractivity contribution in [2.75, 3.05) is 28.6 Å². The fourth-order valence-electron chi connectivity index (χ4n) is 3.28. The SMILES string of the molecule is Cc1ccccc1Nc1ncc(C(=O)Nc2ccc(N3CCCC3)cc2)cn1. The molecule has 1 aromatic heterocycles. The van der Waals surface area contributed by atoms with Gasteiger partial charge in [-0.05, 0) is 55.7 Å². The van der Waals surface area contributed by atoms with Crippen LogP contribution in [-0.2, 0) is 0 Å². The normalized spacial score (nSPS) is 13.4. The number of para-hydroxylation sites is 1. The largest absolute Gasteiger partial charge is 0.372 e. The smallest absolute Gasteiger partial charge is 0.258 e. The molecular weight excluding hydrogens is 350 g/mol. The first-order chi connectivity index (χ1) is 13.7. The number of anilines is 4. The van der Waals surface area contributed by atoms with Gasteiger partial charge in [0.05, 0.1) is 5.56 Å². The van der Waals surface area contributed by atoms with Crippen molar-refractivity contribution in [3.8, 4) is 0 Å². The molecule has 0 atom stereocenters. The molecule has 3 aromatic rings. The minimum atomic E-state index is -0.226. The average molecular weight is 373 g/mol. The Bertz CT molecular complexity index is 947. The van der Waals surface area contributed by atoms with E-state index in [0.717, 1.165) is 30.0 Å². The van der Waals surface area contributed by atoms with E-state index in [2.05, 4.69) is 25.5 Å². The fraction of sp³-hybridized carbons (Fsp3) is 0.227. The van der Waals surface area contributed by atoms with Crippen LogP contribution in [0.15, 0.2) is 60.9 Å². The second-order valence-electron chi connectivity index (χ2n) is 6.93. The zero-order valence-corrected chi connectivity index (χ0v) is 15.9. The summed E-state index contributed by atoms with van der Waals surface area (Å²) in [6.45, 7) is 4.22. The number of carbonyl (C=O) groups is 1. The van der Waals surface area contributed by atoms with Crippen LogP contribution in [0.4, 0.5) is 23.0 Å². The van der Waals surface area contributed by atoms with Crippen LogP contribution >= 0.6 is 0 Å². The van der Waals surface area contributed by atoms with Gasteiger partial charge in [0.1, 0.15) is 0 Å². The molecule has 4 rings (SSSR count). The molecule has 0 saturated carbocycles. The number of nitrogens with one attached hydrogen (secondary N) is 2. The molecule has 6 heteroatoms. The van der Waals surface area contributed by atoms with Crippen molar-refractivity contribution in [3.05, 3.63) is 72.1 Å². The van der Waals surface area contributed by atoms with E-state index in [-0.39, 0.29) is 5.91 Å². The van der Waals surface area contributed by atoms with Crippen molar-refractivity contribution in [3.63, 3.8) is 0 Å². The lowest BCUT2D eigenvalue weighted by molar-refractivity contribution is 0.102. The van der Waals surface area contributed by atoms with E-state index in [1.807, 2.05) is 55.5 Å². The molecule has 28 heavy (non-hydrogen) atoms. The van der Waals surface area contributed by atoms with Crippen LogP contribution < -0.4 is 15.5 Å². The summed E-state index contributed by atoms with van der Waals surface area (Å²) in [6.07, 6.45) is 5.55. The zero-order valence-electron chi connectivity index (χ0n) is 15.9. The number of aryl methyl sites for hydroxylation is 1. The highest BCUT2D eigenvalue weighted by atomic mass is 16.1. The Morgan fingerprint density at radius 2 is 1.64 bits per heavy atom. The molecule has 1 aliphatic rings. The van der Waals surface area contributed by atoms with Crippen LogP contribution in [0, 0.1) is 6.92 Å². The average Bonchev–Trinajstić information content (AvgIpc) is 3.26. The molecule has 0 bridgehead atoms. The van der Waals surface area contributed by atoms with Gasteiger partial charge in [-0.3, -0.25) is 4.79 Å². The molecule has 1 saturated heterocycles. The molecule has 0 radical (unpaired) electrons. The number of carbonyl (C=O) groups excluding carboxylic acids is 1. The predicted molar refractivity (Wildman–Crippen MR) is 112 cm³/mol. The molecule has 2 heterocycles. The highest BCUT2D eigenvalue weighted by molar-refractivity contribution is 6.04. The fourth-order valence-corrected chi connectivity index (χ4v) is 3.28. The zero-order chi connectivity index (χ0) is 19.3. The van der Waals surface area contributed by atoms with E-state index < -0.39 is 0 Å². The Hall–Kier alpha value is -3.41. The highest BCUT2D eigenvalue weighted by Gasteiger charge is 2.13. The van der Waals surface area contributed by atoms with Crippen molar-refractivity contribution in [1.82, 2.24) is 9.97 Å². The molecule has 0 spiro atoms. The van der Waals surface area contributed by atoms with Crippen molar-refractivity contribution in [1.29, 1.82) is 0 Å². The van der Waals surface area contributed by atoms with Crippen molar-refractivity contribution in [2.24, 2.45) is 0 Å². The lowest BCUT2D eigenvalue weighted by Gasteiger charge is -2.17. The summed E-state index contributed by atoms with van der Waals surface area (Å²) in [6, 6.07) is 15.9. The molecular formula is C22H23N5O. The molecule has 1 aliphatic heterocycles. The maximum atomic E-state index is 12.5. The predicted octanol–water partition coefficient (Wildman–Crippen LogP) is 4.38. The van der Waals surface area contributed by atoms with Crippen LogP contribution in [-0.4, -0.2) is 29.0 Å². The first kappa shape index (κ1) is 18.0. The van der Waals surface area contributed by atoms with E-state index in [1.165, 1.54) is 30.9 Å². The first-order valence-corrected chi connectivity index (χ1v) is 9.50. The molecule has 0 aliphatic carbocycles.